The van der Waals surface area contributed by atoms with Gasteiger partial charge in [0.25, 0.3) is 0 Å². The smallest absolute Gasteiger partial charge is 0.144 e. The quantitative estimate of drug-likeness (QED) is 0.554. The van der Waals surface area contributed by atoms with Crippen molar-refractivity contribution < 1.29 is 13.5 Å². The van der Waals surface area contributed by atoms with Gasteiger partial charge in [-0.05, 0) is 54.7 Å². The van der Waals surface area contributed by atoms with Crippen molar-refractivity contribution in [1.82, 2.24) is 0 Å². The van der Waals surface area contributed by atoms with Crippen LogP contribution in [-0.4, -0.2) is 6.61 Å². The summed E-state index contributed by atoms with van der Waals surface area (Å²) in [5, 5.41) is 8.65. The van der Waals surface area contributed by atoms with Gasteiger partial charge in [-0.15, -0.1) is 6.58 Å². The van der Waals surface area contributed by atoms with Crippen molar-refractivity contribution in [3.05, 3.63) is 77.4 Å². The first kappa shape index (κ1) is 16.7. The average molecular weight is 313 g/mol. The number of nitrogens with zero attached hydrogens (tertiary/aromatic N) is 1. The number of ether oxygens (including phenoxy) is 1. The Morgan fingerprint density at radius 2 is 1.65 bits per heavy atom. The molecule has 0 bridgehead atoms. The molecule has 0 atom stereocenters. The first-order valence-electron chi connectivity index (χ1n) is 7.34. The van der Waals surface area contributed by atoms with Gasteiger partial charge in [0.1, 0.15) is 29.0 Å². The van der Waals surface area contributed by atoms with E-state index in [0.717, 1.165) is 17.7 Å². The van der Waals surface area contributed by atoms with Crippen molar-refractivity contribution in [2.24, 2.45) is 0 Å². The number of rotatable bonds is 7. The molecule has 0 aliphatic carbocycles. The molecule has 2 nitrogen and oxygen atoms in total. The Hall–Kier alpha value is -2.67. The molecule has 23 heavy (non-hydrogen) atoms. The first-order valence-corrected chi connectivity index (χ1v) is 7.34. The lowest BCUT2D eigenvalue weighted by atomic mass is 10.0. The van der Waals surface area contributed by atoms with Gasteiger partial charge in [-0.2, -0.15) is 5.26 Å². The third kappa shape index (κ3) is 4.65. The summed E-state index contributed by atoms with van der Waals surface area (Å²) in [7, 11) is 0. The normalized spacial score (nSPS) is 10.1. The van der Waals surface area contributed by atoms with Crippen LogP contribution in [0.2, 0.25) is 0 Å². The number of hydrogen-bond donors (Lipinski definition) is 0. The molecular formula is C19H17F2NO. The van der Waals surface area contributed by atoms with Crippen molar-refractivity contribution in [3.8, 4) is 11.8 Å². The van der Waals surface area contributed by atoms with E-state index in [4.69, 9.17) is 10.00 Å². The predicted molar refractivity (Wildman–Crippen MR) is 85.2 cm³/mol. The van der Waals surface area contributed by atoms with Gasteiger partial charge in [-0.25, -0.2) is 8.78 Å². The van der Waals surface area contributed by atoms with Gasteiger partial charge in [-0.1, -0.05) is 18.2 Å². The minimum absolute atomic E-state index is 0.496. The van der Waals surface area contributed by atoms with Crippen LogP contribution in [0.3, 0.4) is 0 Å². The lowest BCUT2D eigenvalue weighted by Crippen LogP contribution is -1.98. The molecule has 2 rings (SSSR count). The Labute approximate surface area is 134 Å². The second-order valence-corrected chi connectivity index (χ2v) is 5.12. The first-order chi connectivity index (χ1) is 11.1. The zero-order valence-electron chi connectivity index (χ0n) is 12.7. The van der Waals surface area contributed by atoms with E-state index in [2.05, 4.69) is 6.58 Å². The molecule has 0 aromatic heterocycles. The van der Waals surface area contributed by atoms with Crippen LogP contribution in [-0.2, 0) is 12.8 Å². The van der Waals surface area contributed by atoms with E-state index in [1.54, 1.807) is 6.08 Å². The van der Waals surface area contributed by atoms with Gasteiger partial charge in [0.05, 0.1) is 6.61 Å². The number of aryl methyl sites for hydroxylation is 2. The molecular weight excluding hydrogens is 296 g/mol. The summed E-state index contributed by atoms with van der Waals surface area (Å²) in [6, 6.07) is 11.6. The zero-order valence-corrected chi connectivity index (χ0v) is 12.7. The highest BCUT2D eigenvalue weighted by atomic mass is 19.1. The van der Waals surface area contributed by atoms with Crippen molar-refractivity contribution in [2.75, 3.05) is 6.61 Å². The van der Waals surface area contributed by atoms with E-state index in [-0.39, 0.29) is 0 Å². The molecule has 0 aliphatic rings. The highest BCUT2D eigenvalue weighted by Crippen LogP contribution is 2.18. The summed E-state index contributed by atoms with van der Waals surface area (Å²) in [4.78, 5) is 0. The van der Waals surface area contributed by atoms with Crippen molar-refractivity contribution in [1.29, 1.82) is 5.26 Å². The van der Waals surface area contributed by atoms with Crippen molar-refractivity contribution in [2.45, 2.75) is 19.3 Å². The van der Waals surface area contributed by atoms with E-state index in [0.29, 0.717) is 25.0 Å². The third-order valence-electron chi connectivity index (χ3n) is 3.43. The number of nitriles is 1. The van der Waals surface area contributed by atoms with Crippen LogP contribution in [0.15, 0.2) is 49.1 Å². The van der Waals surface area contributed by atoms with Crippen LogP contribution in [0, 0.1) is 23.0 Å². The van der Waals surface area contributed by atoms with E-state index in [9.17, 15) is 8.78 Å². The molecule has 118 valence electrons. The molecule has 0 heterocycles. The predicted octanol–water partition coefficient (Wildman–Crippen LogP) is 4.58. The lowest BCUT2D eigenvalue weighted by Gasteiger charge is -2.07. The molecule has 0 amide bonds. The molecule has 0 radical (unpaired) electrons. The van der Waals surface area contributed by atoms with Gasteiger partial charge in [-0.3, -0.25) is 0 Å². The Balaban J connectivity index is 1.96. The van der Waals surface area contributed by atoms with Crippen LogP contribution in [0.5, 0.6) is 5.75 Å². The summed E-state index contributed by atoms with van der Waals surface area (Å²) in [5.74, 6) is -0.840. The van der Waals surface area contributed by atoms with Crippen LogP contribution in [0.25, 0.3) is 0 Å². The maximum absolute atomic E-state index is 13.6. The fourth-order valence-corrected chi connectivity index (χ4v) is 2.18. The van der Waals surface area contributed by atoms with Crippen LogP contribution in [0.1, 0.15) is 23.1 Å². The molecule has 0 saturated carbocycles. The summed E-state index contributed by atoms with van der Waals surface area (Å²) in [6.45, 7) is 4.22. The second-order valence-electron chi connectivity index (χ2n) is 5.12. The summed E-state index contributed by atoms with van der Waals surface area (Å²) >= 11 is 0. The molecule has 4 heteroatoms. The minimum atomic E-state index is -0.812. The van der Waals surface area contributed by atoms with E-state index < -0.39 is 17.2 Å². The second kappa shape index (κ2) is 8.09. The SMILES string of the molecule is C=CCCOc1ccc(CCc2cc(F)c(C#N)c(F)c2)cc1. The molecule has 2 aromatic carbocycles. The summed E-state index contributed by atoms with van der Waals surface area (Å²) < 4.78 is 32.6. The zero-order chi connectivity index (χ0) is 16.7. The summed E-state index contributed by atoms with van der Waals surface area (Å²) in [6.07, 6.45) is 3.73. The van der Waals surface area contributed by atoms with Crippen LogP contribution in [0.4, 0.5) is 8.78 Å². The van der Waals surface area contributed by atoms with Gasteiger partial charge < -0.3 is 4.74 Å². The van der Waals surface area contributed by atoms with Crippen LogP contribution < -0.4 is 4.74 Å². The number of hydrogen-bond acceptors (Lipinski definition) is 2. The number of benzene rings is 2. The highest BCUT2D eigenvalue weighted by molar-refractivity contribution is 5.36. The molecule has 0 N–H and O–H groups in total. The maximum Gasteiger partial charge on any atom is 0.144 e. The molecule has 0 spiro atoms. The van der Waals surface area contributed by atoms with E-state index in [1.165, 1.54) is 18.2 Å². The Morgan fingerprint density at radius 3 is 2.22 bits per heavy atom. The average Bonchev–Trinajstić information content (AvgIpc) is 2.54. The highest BCUT2D eigenvalue weighted by Gasteiger charge is 2.10. The molecule has 0 aliphatic heterocycles. The molecule has 0 saturated heterocycles. The van der Waals surface area contributed by atoms with Gasteiger partial charge in [0.2, 0.25) is 0 Å². The lowest BCUT2D eigenvalue weighted by molar-refractivity contribution is 0.325. The molecule has 2 aromatic rings. The van der Waals surface area contributed by atoms with Gasteiger partial charge >= 0.3 is 0 Å². The van der Waals surface area contributed by atoms with Crippen molar-refractivity contribution in [3.63, 3.8) is 0 Å². The van der Waals surface area contributed by atoms with Gasteiger partial charge in [0, 0.05) is 0 Å². The van der Waals surface area contributed by atoms with Crippen LogP contribution >= 0.6 is 0 Å². The Morgan fingerprint density at radius 1 is 1.04 bits per heavy atom. The fraction of sp³-hybridized carbons (Fsp3) is 0.211. The molecule has 0 fully saturated rings. The minimum Gasteiger partial charge on any atom is -0.493 e. The van der Waals surface area contributed by atoms with Gasteiger partial charge in [0.15, 0.2) is 0 Å². The maximum atomic E-state index is 13.6. The largest absolute Gasteiger partial charge is 0.493 e. The standard InChI is InChI=1S/C19H17F2NO/c1-2-3-10-23-16-8-6-14(7-9-16)4-5-15-11-18(20)17(13-22)19(21)12-15/h2,6-9,11-12H,1,3-5,10H2. The Bertz CT molecular complexity index is 694. The third-order valence-corrected chi connectivity index (χ3v) is 3.43. The monoisotopic (exact) mass is 313 g/mol. The van der Waals surface area contributed by atoms with E-state index in [1.807, 2.05) is 24.3 Å². The molecule has 0 unspecified atom stereocenters. The topological polar surface area (TPSA) is 33.0 Å². The fourth-order valence-electron chi connectivity index (χ4n) is 2.18. The van der Waals surface area contributed by atoms with E-state index >= 15 is 0 Å². The van der Waals surface area contributed by atoms with Crippen molar-refractivity contribution >= 4 is 0 Å². The number of halogens is 2. The Kier molecular flexibility index (Phi) is 5.87. The summed E-state index contributed by atoms with van der Waals surface area (Å²) in [5.41, 5.74) is 1.05.